The first-order chi connectivity index (χ1) is 9.63. The molecule has 2 aromatic carbocycles. The molecule has 4 heteroatoms. The van der Waals surface area contributed by atoms with Crippen LogP contribution in [0.1, 0.15) is 11.1 Å². The van der Waals surface area contributed by atoms with E-state index in [1.807, 2.05) is 37.3 Å². The molecular weight excluding hydrogens is 274 g/mol. The molecule has 0 aliphatic carbocycles. The lowest BCUT2D eigenvalue weighted by molar-refractivity contribution is 0.355. The number of hydrogen-bond donors (Lipinski definition) is 1. The number of hydrogen-bond acceptors (Lipinski definition) is 3. The second-order valence-electron chi connectivity index (χ2n) is 4.51. The lowest BCUT2D eigenvalue weighted by Gasteiger charge is -2.11. The van der Waals surface area contributed by atoms with Crippen LogP contribution in [-0.2, 0) is 6.54 Å². The van der Waals surface area contributed by atoms with Crippen molar-refractivity contribution < 1.29 is 9.47 Å². The molecular formula is C16H18ClNO2. The van der Waals surface area contributed by atoms with E-state index < -0.39 is 0 Å². The summed E-state index contributed by atoms with van der Waals surface area (Å²) in [6, 6.07) is 11.8. The molecule has 0 spiro atoms. The van der Waals surface area contributed by atoms with E-state index in [9.17, 15) is 0 Å². The Kier molecular flexibility index (Phi) is 4.74. The highest BCUT2D eigenvalue weighted by Crippen LogP contribution is 2.30. The van der Waals surface area contributed by atoms with Gasteiger partial charge in [-0.05, 0) is 36.2 Å². The van der Waals surface area contributed by atoms with Crippen LogP contribution < -0.4 is 14.8 Å². The zero-order valence-corrected chi connectivity index (χ0v) is 12.6. The van der Waals surface area contributed by atoms with Crippen molar-refractivity contribution in [3.8, 4) is 11.5 Å². The molecule has 2 rings (SSSR count). The summed E-state index contributed by atoms with van der Waals surface area (Å²) in [7, 11) is 3.25. The third kappa shape index (κ3) is 3.36. The molecule has 0 fully saturated rings. The molecule has 0 atom stereocenters. The summed E-state index contributed by atoms with van der Waals surface area (Å²) in [5.74, 6) is 1.43. The Labute approximate surface area is 124 Å². The molecule has 0 unspecified atom stereocenters. The molecule has 0 saturated heterocycles. The first-order valence-electron chi connectivity index (χ1n) is 6.35. The van der Waals surface area contributed by atoms with Crippen LogP contribution in [0.4, 0.5) is 5.69 Å². The number of anilines is 1. The molecule has 0 saturated carbocycles. The van der Waals surface area contributed by atoms with Crippen molar-refractivity contribution in [2.75, 3.05) is 19.5 Å². The summed E-state index contributed by atoms with van der Waals surface area (Å²) < 4.78 is 10.5. The fraction of sp³-hybridized carbons (Fsp3) is 0.250. The predicted molar refractivity (Wildman–Crippen MR) is 83.1 cm³/mol. The van der Waals surface area contributed by atoms with Crippen LogP contribution in [0.3, 0.4) is 0 Å². The van der Waals surface area contributed by atoms with Gasteiger partial charge in [-0.2, -0.15) is 0 Å². The van der Waals surface area contributed by atoms with Crippen molar-refractivity contribution in [3.63, 3.8) is 0 Å². The number of benzene rings is 2. The van der Waals surface area contributed by atoms with Gasteiger partial charge in [-0.1, -0.05) is 23.7 Å². The first kappa shape index (κ1) is 14.5. The molecule has 20 heavy (non-hydrogen) atoms. The van der Waals surface area contributed by atoms with E-state index in [1.165, 1.54) is 0 Å². The highest BCUT2D eigenvalue weighted by Gasteiger charge is 2.04. The smallest absolute Gasteiger partial charge is 0.162 e. The zero-order valence-electron chi connectivity index (χ0n) is 11.9. The minimum atomic E-state index is 0.704. The topological polar surface area (TPSA) is 30.5 Å². The normalized spacial score (nSPS) is 10.2. The van der Waals surface area contributed by atoms with Crippen molar-refractivity contribution in [3.05, 3.63) is 52.5 Å². The van der Waals surface area contributed by atoms with Gasteiger partial charge in [-0.3, -0.25) is 0 Å². The van der Waals surface area contributed by atoms with Gasteiger partial charge in [-0.15, -0.1) is 0 Å². The van der Waals surface area contributed by atoms with Gasteiger partial charge in [0.05, 0.1) is 14.2 Å². The number of ether oxygens (including phenoxy) is 2. The van der Waals surface area contributed by atoms with Gasteiger partial charge in [0.2, 0.25) is 0 Å². The third-order valence-electron chi connectivity index (χ3n) is 3.12. The molecule has 0 radical (unpaired) electrons. The number of nitrogens with one attached hydrogen (secondary N) is 1. The van der Waals surface area contributed by atoms with Crippen molar-refractivity contribution in [2.45, 2.75) is 13.5 Å². The summed E-state index contributed by atoms with van der Waals surface area (Å²) in [5, 5.41) is 4.13. The van der Waals surface area contributed by atoms with Crippen LogP contribution in [0.2, 0.25) is 5.02 Å². The van der Waals surface area contributed by atoms with Gasteiger partial charge in [0.1, 0.15) is 0 Å². The van der Waals surface area contributed by atoms with Gasteiger partial charge in [0, 0.05) is 23.3 Å². The zero-order chi connectivity index (χ0) is 14.5. The van der Waals surface area contributed by atoms with Crippen molar-refractivity contribution in [2.24, 2.45) is 0 Å². The maximum Gasteiger partial charge on any atom is 0.162 e. The SMILES string of the molecule is COc1ccc(NCc2ccc(C)c(Cl)c2)cc1OC. The minimum absolute atomic E-state index is 0.704. The van der Waals surface area contributed by atoms with E-state index in [4.69, 9.17) is 21.1 Å². The summed E-state index contributed by atoms with van der Waals surface area (Å²) in [4.78, 5) is 0. The van der Waals surface area contributed by atoms with Gasteiger partial charge in [0.25, 0.3) is 0 Å². The maximum absolute atomic E-state index is 6.12. The second-order valence-corrected chi connectivity index (χ2v) is 4.91. The maximum atomic E-state index is 6.12. The van der Waals surface area contributed by atoms with Gasteiger partial charge < -0.3 is 14.8 Å². The summed E-state index contributed by atoms with van der Waals surface area (Å²) in [6.45, 7) is 2.70. The van der Waals surface area contributed by atoms with E-state index in [0.717, 1.165) is 27.6 Å². The van der Waals surface area contributed by atoms with Crippen LogP contribution >= 0.6 is 11.6 Å². The van der Waals surface area contributed by atoms with Crippen molar-refractivity contribution >= 4 is 17.3 Å². The standard InChI is InChI=1S/C16H18ClNO2/c1-11-4-5-12(8-14(11)17)10-18-13-6-7-15(19-2)16(9-13)20-3/h4-9,18H,10H2,1-3H3. The predicted octanol–water partition coefficient (Wildman–Crippen LogP) is 4.28. The Bertz CT molecular complexity index is 599. The van der Waals surface area contributed by atoms with E-state index in [2.05, 4.69) is 11.4 Å². The van der Waals surface area contributed by atoms with E-state index in [-0.39, 0.29) is 0 Å². The average Bonchev–Trinajstić information content (AvgIpc) is 2.48. The Morgan fingerprint density at radius 2 is 1.75 bits per heavy atom. The first-order valence-corrected chi connectivity index (χ1v) is 6.72. The molecule has 3 nitrogen and oxygen atoms in total. The second kappa shape index (κ2) is 6.53. The summed E-state index contributed by atoms with van der Waals surface area (Å²) in [6.07, 6.45) is 0. The quantitative estimate of drug-likeness (QED) is 0.892. The molecule has 0 aliphatic heterocycles. The largest absolute Gasteiger partial charge is 0.493 e. The lowest BCUT2D eigenvalue weighted by Crippen LogP contribution is -2.00. The Morgan fingerprint density at radius 3 is 2.40 bits per heavy atom. The van der Waals surface area contributed by atoms with Crippen molar-refractivity contribution in [1.29, 1.82) is 0 Å². The molecule has 0 aliphatic rings. The fourth-order valence-electron chi connectivity index (χ4n) is 1.90. The average molecular weight is 292 g/mol. The van der Waals surface area contributed by atoms with E-state index in [0.29, 0.717) is 12.3 Å². The van der Waals surface area contributed by atoms with E-state index >= 15 is 0 Å². The monoisotopic (exact) mass is 291 g/mol. The Morgan fingerprint density at radius 1 is 1.00 bits per heavy atom. The Hall–Kier alpha value is -1.87. The summed E-state index contributed by atoms with van der Waals surface area (Å²) in [5.41, 5.74) is 3.19. The molecule has 0 heterocycles. The lowest BCUT2D eigenvalue weighted by atomic mass is 10.1. The molecule has 0 aromatic heterocycles. The van der Waals surface area contributed by atoms with Crippen LogP contribution in [0.25, 0.3) is 0 Å². The number of halogens is 1. The number of rotatable bonds is 5. The van der Waals surface area contributed by atoms with Crippen LogP contribution in [0, 0.1) is 6.92 Å². The van der Waals surface area contributed by atoms with Crippen LogP contribution in [-0.4, -0.2) is 14.2 Å². The number of aryl methyl sites for hydroxylation is 1. The molecule has 1 N–H and O–H groups in total. The molecule has 2 aromatic rings. The molecule has 0 amide bonds. The fourth-order valence-corrected chi connectivity index (χ4v) is 2.10. The van der Waals surface area contributed by atoms with E-state index in [1.54, 1.807) is 14.2 Å². The third-order valence-corrected chi connectivity index (χ3v) is 3.52. The van der Waals surface area contributed by atoms with Gasteiger partial charge in [-0.25, -0.2) is 0 Å². The molecule has 0 bridgehead atoms. The Balaban J connectivity index is 2.08. The van der Waals surface area contributed by atoms with Gasteiger partial charge >= 0.3 is 0 Å². The highest BCUT2D eigenvalue weighted by molar-refractivity contribution is 6.31. The van der Waals surface area contributed by atoms with Gasteiger partial charge in [0.15, 0.2) is 11.5 Å². The minimum Gasteiger partial charge on any atom is -0.493 e. The molecule has 106 valence electrons. The number of methoxy groups -OCH3 is 2. The highest BCUT2D eigenvalue weighted by atomic mass is 35.5. The van der Waals surface area contributed by atoms with Crippen LogP contribution in [0.5, 0.6) is 11.5 Å². The van der Waals surface area contributed by atoms with Crippen LogP contribution in [0.15, 0.2) is 36.4 Å². The summed E-state index contributed by atoms with van der Waals surface area (Å²) >= 11 is 6.12. The van der Waals surface area contributed by atoms with Crippen molar-refractivity contribution in [1.82, 2.24) is 0 Å².